The highest BCUT2D eigenvalue weighted by atomic mass is 32.2. The molecule has 0 aliphatic carbocycles. The van der Waals surface area contributed by atoms with Crippen molar-refractivity contribution in [2.75, 3.05) is 5.75 Å². The minimum absolute atomic E-state index is 0.390. The molecular formula is C22H22N4O2S. The summed E-state index contributed by atoms with van der Waals surface area (Å²) in [5.41, 5.74) is 2.49. The Hall–Kier alpha value is -3.06. The topological polar surface area (TPSA) is 72.7 Å². The predicted octanol–water partition coefficient (Wildman–Crippen LogP) is 3.00. The Kier molecular flexibility index (Phi) is 5.67. The maximum absolute atomic E-state index is 12.6. The number of rotatable bonds is 7. The van der Waals surface area contributed by atoms with Gasteiger partial charge in [0.25, 0.3) is 5.56 Å². The minimum Gasteiger partial charge on any atom is -0.313 e. The molecule has 0 aliphatic heterocycles. The second kappa shape index (κ2) is 8.53. The van der Waals surface area contributed by atoms with Crippen LogP contribution in [0.2, 0.25) is 0 Å². The van der Waals surface area contributed by atoms with Gasteiger partial charge in [0.2, 0.25) is 0 Å². The molecule has 2 aromatic carbocycles. The number of aromatic nitrogens is 4. The number of aryl methyl sites for hydroxylation is 4. The second-order valence-corrected chi connectivity index (χ2v) is 7.92. The number of thioether (sulfide) groups is 1. The minimum atomic E-state index is -0.448. The number of aromatic amines is 1. The highest BCUT2D eigenvalue weighted by molar-refractivity contribution is 7.99. The van der Waals surface area contributed by atoms with E-state index < -0.39 is 11.2 Å². The number of hydrogen-bond acceptors (Lipinski definition) is 4. The van der Waals surface area contributed by atoms with Crippen molar-refractivity contribution in [1.29, 1.82) is 0 Å². The van der Waals surface area contributed by atoms with E-state index in [1.807, 2.05) is 41.0 Å². The van der Waals surface area contributed by atoms with Gasteiger partial charge >= 0.3 is 5.69 Å². The summed E-state index contributed by atoms with van der Waals surface area (Å²) in [7, 11) is 1.63. The standard InChI is InChI=1S/C22H22N4O2S/c1-25-19-18(20(27)24-21(25)28)26(14-12-16-8-4-2-5-9-16)22(23-19)29-15-13-17-10-6-3-7-11-17/h2-11H,12-15H2,1H3,(H,24,27,28). The van der Waals surface area contributed by atoms with Crippen LogP contribution in [0.25, 0.3) is 11.2 Å². The number of imidazole rings is 1. The number of H-pyrrole nitrogens is 1. The lowest BCUT2D eigenvalue weighted by molar-refractivity contribution is 0.650. The molecule has 0 amide bonds. The summed E-state index contributed by atoms with van der Waals surface area (Å²) >= 11 is 1.61. The first-order chi connectivity index (χ1) is 14.1. The van der Waals surface area contributed by atoms with E-state index in [4.69, 9.17) is 0 Å². The molecule has 1 N–H and O–H groups in total. The average Bonchev–Trinajstić information content (AvgIpc) is 3.11. The van der Waals surface area contributed by atoms with Crippen LogP contribution >= 0.6 is 11.8 Å². The van der Waals surface area contributed by atoms with Crippen LogP contribution < -0.4 is 11.2 Å². The molecule has 0 aliphatic rings. The number of nitrogens with one attached hydrogen (secondary N) is 1. The van der Waals surface area contributed by atoms with Gasteiger partial charge in [-0.3, -0.25) is 14.3 Å². The fraction of sp³-hybridized carbons (Fsp3) is 0.227. The molecule has 148 valence electrons. The van der Waals surface area contributed by atoms with Gasteiger partial charge in [-0.2, -0.15) is 0 Å². The third kappa shape index (κ3) is 4.19. The molecule has 0 bridgehead atoms. The lowest BCUT2D eigenvalue weighted by atomic mass is 10.1. The van der Waals surface area contributed by atoms with Crippen molar-refractivity contribution < 1.29 is 0 Å². The zero-order valence-corrected chi connectivity index (χ0v) is 17.0. The SMILES string of the molecule is Cn1c(=O)[nH]c(=O)c2c1nc(SCCc1ccccc1)n2CCc1ccccc1. The fourth-order valence-electron chi connectivity index (χ4n) is 3.32. The Morgan fingerprint density at radius 3 is 2.21 bits per heavy atom. The van der Waals surface area contributed by atoms with Gasteiger partial charge in [0.1, 0.15) is 0 Å². The molecule has 0 saturated heterocycles. The molecule has 0 saturated carbocycles. The lowest BCUT2D eigenvalue weighted by Crippen LogP contribution is -2.29. The van der Waals surface area contributed by atoms with Gasteiger partial charge in [-0.1, -0.05) is 72.4 Å². The summed E-state index contributed by atoms with van der Waals surface area (Å²) < 4.78 is 3.34. The number of benzene rings is 2. The number of fused-ring (bicyclic) bond motifs is 1. The summed E-state index contributed by atoms with van der Waals surface area (Å²) in [4.78, 5) is 31.6. The number of nitrogens with zero attached hydrogens (tertiary/aromatic N) is 3. The maximum atomic E-state index is 12.6. The van der Waals surface area contributed by atoms with Crippen LogP contribution in [0.15, 0.2) is 75.4 Å². The van der Waals surface area contributed by atoms with E-state index in [0.717, 1.165) is 23.8 Å². The Morgan fingerprint density at radius 1 is 0.931 bits per heavy atom. The van der Waals surface area contributed by atoms with Gasteiger partial charge < -0.3 is 4.57 Å². The first-order valence-electron chi connectivity index (χ1n) is 9.53. The molecule has 2 aromatic heterocycles. The summed E-state index contributed by atoms with van der Waals surface area (Å²) in [6, 6.07) is 20.4. The molecule has 0 radical (unpaired) electrons. The Morgan fingerprint density at radius 2 is 1.55 bits per heavy atom. The van der Waals surface area contributed by atoms with Crippen LogP contribution in [0.5, 0.6) is 0 Å². The van der Waals surface area contributed by atoms with E-state index >= 15 is 0 Å². The normalized spacial score (nSPS) is 11.2. The van der Waals surface area contributed by atoms with E-state index in [0.29, 0.717) is 17.7 Å². The van der Waals surface area contributed by atoms with Crippen molar-refractivity contribution in [1.82, 2.24) is 19.1 Å². The molecule has 0 unspecified atom stereocenters. The zero-order valence-electron chi connectivity index (χ0n) is 16.2. The van der Waals surface area contributed by atoms with Crippen molar-refractivity contribution >= 4 is 22.9 Å². The smallest absolute Gasteiger partial charge is 0.313 e. The first-order valence-corrected chi connectivity index (χ1v) is 10.5. The van der Waals surface area contributed by atoms with Crippen LogP contribution in [0.4, 0.5) is 0 Å². The lowest BCUT2D eigenvalue weighted by Gasteiger charge is -2.09. The summed E-state index contributed by atoms with van der Waals surface area (Å²) in [5.74, 6) is 0.838. The van der Waals surface area contributed by atoms with Crippen LogP contribution in [0.3, 0.4) is 0 Å². The quantitative estimate of drug-likeness (QED) is 0.479. The van der Waals surface area contributed by atoms with Gasteiger partial charge in [-0.05, 0) is 24.0 Å². The van der Waals surface area contributed by atoms with Gasteiger partial charge in [0.05, 0.1) is 0 Å². The Bertz CT molecular complexity index is 1230. The van der Waals surface area contributed by atoms with Crippen LogP contribution in [-0.4, -0.2) is 24.9 Å². The van der Waals surface area contributed by atoms with E-state index in [1.54, 1.807) is 18.8 Å². The summed E-state index contributed by atoms with van der Waals surface area (Å²) in [6.07, 6.45) is 1.68. The molecule has 0 spiro atoms. The van der Waals surface area contributed by atoms with Crippen molar-refractivity contribution in [3.8, 4) is 0 Å². The molecule has 6 nitrogen and oxygen atoms in total. The van der Waals surface area contributed by atoms with Gasteiger partial charge in [0.15, 0.2) is 16.3 Å². The van der Waals surface area contributed by atoms with Crippen LogP contribution in [0.1, 0.15) is 11.1 Å². The molecule has 2 heterocycles. The monoisotopic (exact) mass is 406 g/mol. The predicted molar refractivity (Wildman–Crippen MR) is 117 cm³/mol. The maximum Gasteiger partial charge on any atom is 0.329 e. The molecule has 4 rings (SSSR count). The largest absolute Gasteiger partial charge is 0.329 e. The van der Waals surface area contributed by atoms with E-state index in [2.05, 4.69) is 34.2 Å². The van der Waals surface area contributed by atoms with Crippen molar-refractivity contribution in [3.63, 3.8) is 0 Å². The molecule has 29 heavy (non-hydrogen) atoms. The van der Waals surface area contributed by atoms with Gasteiger partial charge in [0, 0.05) is 19.3 Å². The molecule has 0 fully saturated rings. The van der Waals surface area contributed by atoms with Crippen molar-refractivity contribution in [2.45, 2.75) is 24.5 Å². The average molecular weight is 407 g/mol. The molecule has 7 heteroatoms. The fourth-order valence-corrected chi connectivity index (χ4v) is 4.33. The van der Waals surface area contributed by atoms with Gasteiger partial charge in [-0.25, -0.2) is 9.78 Å². The van der Waals surface area contributed by atoms with E-state index in [1.165, 1.54) is 15.7 Å². The first kappa shape index (κ1) is 19.3. The zero-order chi connectivity index (χ0) is 20.2. The molecule has 4 aromatic rings. The van der Waals surface area contributed by atoms with Crippen LogP contribution in [-0.2, 0) is 26.4 Å². The van der Waals surface area contributed by atoms with Crippen LogP contribution in [0, 0.1) is 0 Å². The second-order valence-electron chi connectivity index (χ2n) is 6.86. The van der Waals surface area contributed by atoms with E-state index in [9.17, 15) is 9.59 Å². The molecule has 0 atom stereocenters. The summed E-state index contributed by atoms with van der Waals surface area (Å²) in [6.45, 7) is 0.621. The third-order valence-corrected chi connectivity index (χ3v) is 5.88. The Labute approximate surface area is 172 Å². The Balaban J connectivity index is 1.65. The van der Waals surface area contributed by atoms with Crippen molar-refractivity contribution in [2.24, 2.45) is 7.05 Å². The third-order valence-electron chi connectivity index (χ3n) is 4.90. The van der Waals surface area contributed by atoms with E-state index in [-0.39, 0.29) is 0 Å². The molecular weight excluding hydrogens is 384 g/mol. The van der Waals surface area contributed by atoms with Gasteiger partial charge in [-0.15, -0.1) is 0 Å². The highest BCUT2D eigenvalue weighted by Crippen LogP contribution is 2.23. The number of hydrogen-bond donors (Lipinski definition) is 1. The van der Waals surface area contributed by atoms with Crippen molar-refractivity contribution in [3.05, 3.63) is 92.6 Å². The highest BCUT2D eigenvalue weighted by Gasteiger charge is 2.17. The summed E-state index contributed by atoms with van der Waals surface area (Å²) in [5, 5.41) is 0.763.